The van der Waals surface area contributed by atoms with E-state index < -0.39 is 11.9 Å². The number of likely N-dealkylation sites (tertiary alicyclic amines) is 1. The average molecular weight is 954 g/mol. The van der Waals surface area contributed by atoms with Gasteiger partial charge < -0.3 is 34.4 Å². The fraction of sp³-hybridized carbons (Fsp3) is 0.469. The maximum Gasteiger partial charge on any atom is 0.255 e. The van der Waals surface area contributed by atoms with E-state index in [9.17, 15) is 28.8 Å². The van der Waals surface area contributed by atoms with E-state index in [1.54, 1.807) is 54.8 Å². The number of nitrogens with zero attached hydrogens (tertiary/aromatic N) is 6. The van der Waals surface area contributed by atoms with E-state index >= 15 is 0 Å². The molecular formula is C49H57ClN8O8S. The number of unbranched alkanes of at least 4 members (excludes halogenated alkanes) is 1. The highest BCUT2D eigenvalue weighted by molar-refractivity contribution is 7.10. The molecule has 4 aromatic rings. The zero-order valence-electron chi connectivity index (χ0n) is 38.2. The molecule has 2 saturated heterocycles. The number of nitrogens with one attached hydrogen (secondary N) is 2. The smallest absolute Gasteiger partial charge is 0.255 e. The van der Waals surface area contributed by atoms with Gasteiger partial charge in [0.2, 0.25) is 23.6 Å². The van der Waals surface area contributed by atoms with Gasteiger partial charge in [-0.2, -0.15) is 0 Å². The maximum atomic E-state index is 13.6. The minimum atomic E-state index is -0.716. The van der Waals surface area contributed by atoms with Gasteiger partial charge in [0.25, 0.3) is 5.91 Å². The van der Waals surface area contributed by atoms with Gasteiger partial charge in [-0.25, -0.2) is 9.97 Å². The average Bonchev–Trinajstić information content (AvgIpc) is 3.90. The van der Waals surface area contributed by atoms with Crippen LogP contribution in [0.1, 0.15) is 107 Å². The summed E-state index contributed by atoms with van der Waals surface area (Å²) in [5.74, 6) is 1.01. The van der Waals surface area contributed by atoms with Crippen molar-refractivity contribution in [3.8, 4) is 5.75 Å². The third kappa shape index (κ3) is 11.0. The molecule has 6 heterocycles. The molecule has 67 heavy (non-hydrogen) atoms. The third-order valence-corrected chi connectivity index (χ3v) is 14.5. The molecular weight excluding hydrogens is 896 g/mol. The van der Waals surface area contributed by atoms with Crippen LogP contribution in [0.3, 0.4) is 0 Å². The summed E-state index contributed by atoms with van der Waals surface area (Å²) < 4.78 is 11.7. The summed E-state index contributed by atoms with van der Waals surface area (Å²) in [5, 5.41) is 7.81. The van der Waals surface area contributed by atoms with Gasteiger partial charge in [0.15, 0.2) is 11.6 Å². The van der Waals surface area contributed by atoms with Crippen LogP contribution in [0.15, 0.2) is 54.0 Å². The van der Waals surface area contributed by atoms with E-state index in [4.69, 9.17) is 26.1 Å². The Morgan fingerprint density at radius 1 is 1.03 bits per heavy atom. The number of carbonyl (C=O) groups is 6. The molecule has 2 N–H and O–H groups in total. The number of hydrogen-bond acceptors (Lipinski definition) is 13. The number of anilines is 3. The lowest BCUT2D eigenvalue weighted by Crippen LogP contribution is -2.52. The number of ketones is 1. The Bertz CT molecular complexity index is 2530. The van der Waals surface area contributed by atoms with Gasteiger partial charge in [0, 0.05) is 90.6 Å². The van der Waals surface area contributed by atoms with Crippen molar-refractivity contribution in [2.45, 2.75) is 96.3 Å². The summed E-state index contributed by atoms with van der Waals surface area (Å²) in [4.78, 5) is 95.1. The third-order valence-electron chi connectivity index (χ3n) is 13.2. The Morgan fingerprint density at radius 2 is 1.85 bits per heavy atom. The van der Waals surface area contributed by atoms with Crippen molar-refractivity contribution in [3.05, 3.63) is 92.0 Å². The van der Waals surface area contributed by atoms with Gasteiger partial charge in [-0.3, -0.25) is 34.1 Å². The van der Waals surface area contributed by atoms with Gasteiger partial charge in [0.1, 0.15) is 29.3 Å². The molecule has 2 aromatic heterocycles. The van der Waals surface area contributed by atoms with Gasteiger partial charge in [-0.15, -0.1) is 11.3 Å². The van der Waals surface area contributed by atoms with E-state index in [0.717, 1.165) is 49.3 Å². The topological polar surface area (TPSA) is 184 Å². The number of piperidine rings is 2. The van der Waals surface area contributed by atoms with Crippen LogP contribution in [0.2, 0.25) is 5.02 Å². The number of Topliss-reactive ketones (excluding diaryl/α,β-unsaturated/α-hetero) is 1. The lowest BCUT2D eigenvalue weighted by molar-refractivity contribution is -0.137. The first-order valence-corrected chi connectivity index (χ1v) is 24.4. The highest BCUT2D eigenvalue weighted by Gasteiger charge is 2.40. The number of carbonyl (C=O) groups excluding carboxylic acids is 6. The highest BCUT2D eigenvalue weighted by Crippen LogP contribution is 2.37. The first-order valence-electron chi connectivity index (χ1n) is 23.1. The van der Waals surface area contributed by atoms with Crippen molar-refractivity contribution in [1.29, 1.82) is 0 Å². The monoisotopic (exact) mass is 952 g/mol. The molecule has 0 saturated carbocycles. The number of likely N-dealkylation sites (N-methyl/N-ethyl adjacent to an activating group) is 1. The van der Waals surface area contributed by atoms with Crippen molar-refractivity contribution in [1.82, 2.24) is 25.1 Å². The molecule has 0 bridgehead atoms. The number of amides is 5. The molecule has 354 valence electrons. The number of thiophene rings is 1. The second-order valence-electron chi connectivity index (χ2n) is 17.6. The number of imide groups is 1. The molecule has 8 rings (SSSR count). The molecule has 4 aliphatic heterocycles. The summed E-state index contributed by atoms with van der Waals surface area (Å²) >= 11 is 7.79. The number of aromatic nitrogens is 2. The molecule has 18 heteroatoms. The number of fused-ring (bicyclic) bond motifs is 2. The van der Waals surface area contributed by atoms with E-state index in [-0.39, 0.29) is 60.8 Å². The molecule has 0 aliphatic carbocycles. The number of rotatable bonds is 19. The standard InChI is InChI=1S/C49H57ClN8O8S/c1-4-38-49(64)55(2)40-26-51-43(53-46(40)57(38)27-34-25-33(50)29-67-34)24-32-12-11-31(23-42(32)65-3)41(59)22-30-15-17-56(18-16-30)19-21-66-20-6-5-10-44(60)52-37-9-7-8-35-36(37)28-58(48(35)63)39-13-14-45(61)54-47(39)62/h7-9,11-12,23,25-26,29-30,38-39H,4-6,10,13-22,24,27-28H2,1-3H3,(H,52,60)(H,54,61,62)/t38-,39?/m1/s1. The van der Waals surface area contributed by atoms with Crippen molar-refractivity contribution >= 4 is 75.4 Å². The van der Waals surface area contributed by atoms with E-state index in [2.05, 4.69) is 20.5 Å². The molecule has 2 atom stereocenters. The van der Waals surface area contributed by atoms with Gasteiger partial charge in [-0.05, 0) is 81.8 Å². The van der Waals surface area contributed by atoms with Crippen LogP contribution in [0.5, 0.6) is 5.75 Å². The van der Waals surface area contributed by atoms with Gasteiger partial charge >= 0.3 is 0 Å². The largest absolute Gasteiger partial charge is 0.496 e. The van der Waals surface area contributed by atoms with Crippen LogP contribution in [-0.4, -0.2) is 114 Å². The lowest BCUT2D eigenvalue weighted by atomic mass is 9.89. The quantitative estimate of drug-likeness (QED) is 0.0598. The Kier molecular flexibility index (Phi) is 15.3. The zero-order chi connectivity index (χ0) is 47.2. The van der Waals surface area contributed by atoms with Crippen LogP contribution in [-0.2, 0) is 43.4 Å². The normalized spacial score (nSPS) is 18.8. The van der Waals surface area contributed by atoms with Crippen molar-refractivity contribution in [3.63, 3.8) is 0 Å². The van der Waals surface area contributed by atoms with Crippen LogP contribution in [0, 0.1) is 5.92 Å². The first-order chi connectivity index (χ1) is 32.4. The number of methoxy groups -OCH3 is 1. The van der Waals surface area contributed by atoms with E-state index in [1.807, 2.05) is 41.5 Å². The second kappa shape index (κ2) is 21.5. The summed E-state index contributed by atoms with van der Waals surface area (Å²) in [5.41, 5.74) is 3.82. The minimum Gasteiger partial charge on any atom is -0.496 e. The molecule has 16 nitrogen and oxygen atoms in total. The van der Waals surface area contributed by atoms with Crippen molar-refractivity contribution in [2.24, 2.45) is 5.92 Å². The highest BCUT2D eigenvalue weighted by atomic mass is 35.5. The van der Waals surface area contributed by atoms with Gasteiger partial charge in [-0.1, -0.05) is 36.7 Å². The van der Waals surface area contributed by atoms with Crippen LogP contribution >= 0.6 is 22.9 Å². The Labute approximate surface area is 399 Å². The Balaban J connectivity index is 0.741. The molecule has 4 aliphatic rings. The van der Waals surface area contributed by atoms with Crippen LogP contribution in [0.4, 0.5) is 17.2 Å². The second-order valence-corrected chi connectivity index (χ2v) is 19.1. The van der Waals surface area contributed by atoms with Crippen LogP contribution < -0.4 is 25.2 Å². The Hall–Kier alpha value is -5.75. The summed E-state index contributed by atoms with van der Waals surface area (Å²) in [6.07, 6.45) is 7.17. The molecule has 5 amide bonds. The van der Waals surface area contributed by atoms with E-state index in [1.165, 1.54) is 4.90 Å². The number of benzene rings is 2. The SMILES string of the molecule is CC[C@@H]1C(=O)N(C)c2cnc(Cc3ccc(C(=O)CC4CCN(CCOCCCCC(=O)Nc5cccc6c5CN(C5CCC(=O)NC5=O)C6=O)CC4)cc3OC)nc2N1Cc1cc(Cl)cs1. The fourth-order valence-corrected chi connectivity index (χ4v) is 10.5. The van der Waals surface area contributed by atoms with E-state index in [0.29, 0.717) is 102 Å². The number of hydrogen-bond donors (Lipinski definition) is 2. The maximum absolute atomic E-state index is 13.6. The molecule has 2 fully saturated rings. The van der Waals surface area contributed by atoms with Crippen molar-refractivity contribution < 1.29 is 38.2 Å². The Morgan fingerprint density at radius 3 is 2.60 bits per heavy atom. The van der Waals surface area contributed by atoms with Crippen LogP contribution in [0.25, 0.3) is 0 Å². The minimum absolute atomic E-state index is 0.00241. The fourth-order valence-electron chi connectivity index (χ4n) is 9.47. The summed E-state index contributed by atoms with van der Waals surface area (Å²) in [6, 6.07) is 11.6. The van der Waals surface area contributed by atoms with Gasteiger partial charge in [0.05, 0.1) is 31.5 Å². The first kappa shape index (κ1) is 47.7. The zero-order valence-corrected chi connectivity index (χ0v) is 39.8. The number of halogens is 1. The summed E-state index contributed by atoms with van der Waals surface area (Å²) in [6.45, 7) is 6.42. The molecule has 1 unspecified atom stereocenters. The molecule has 0 radical (unpaired) electrons. The molecule has 0 spiro atoms. The molecule has 2 aromatic carbocycles. The van der Waals surface area contributed by atoms with Crippen molar-refractivity contribution in [2.75, 3.05) is 62.1 Å². The lowest BCUT2D eigenvalue weighted by Gasteiger charge is -2.40. The predicted molar refractivity (Wildman–Crippen MR) is 255 cm³/mol. The predicted octanol–water partition coefficient (Wildman–Crippen LogP) is 6.42. The number of ether oxygens (including phenoxy) is 2. The summed E-state index contributed by atoms with van der Waals surface area (Å²) in [7, 11) is 3.36.